The van der Waals surface area contributed by atoms with Crippen LogP contribution < -0.4 is 0 Å². The summed E-state index contributed by atoms with van der Waals surface area (Å²) in [6, 6.07) is 3.03. The van der Waals surface area contributed by atoms with E-state index >= 15 is 0 Å². The lowest BCUT2D eigenvalue weighted by Crippen LogP contribution is -2.32. The van der Waals surface area contributed by atoms with Crippen molar-refractivity contribution in [2.75, 3.05) is 13.1 Å². The van der Waals surface area contributed by atoms with Gasteiger partial charge in [0.2, 0.25) is 0 Å². The van der Waals surface area contributed by atoms with Gasteiger partial charge in [-0.25, -0.2) is 4.39 Å². The van der Waals surface area contributed by atoms with Gasteiger partial charge in [0.15, 0.2) is 0 Å². The molecule has 0 saturated carbocycles. The number of hydrogen-bond acceptors (Lipinski definition) is 3. The first-order valence-electron chi connectivity index (χ1n) is 4.95. The number of nitrogens with zero attached hydrogens (tertiary/aromatic N) is 3. The van der Waals surface area contributed by atoms with E-state index in [4.69, 9.17) is 5.26 Å². The van der Waals surface area contributed by atoms with Crippen LogP contribution >= 0.6 is 0 Å². The molecule has 16 heavy (non-hydrogen) atoms. The topological polar surface area (TPSA) is 57.0 Å². The fourth-order valence-corrected chi connectivity index (χ4v) is 1.32. The average molecular weight is 221 g/mol. The summed E-state index contributed by atoms with van der Waals surface area (Å²) in [5.74, 6) is -0.922. The Hall–Kier alpha value is -1.96. The summed E-state index contributed by atoms with van der Waals surface area (Å²) in [4.78, 5) is 16.8. The number of nitriles is 1. The van der Waals surface area contributed by atoms with Crippen molar-refractivity contribution in [1.82, 2.24) is 9.88 Å². The summed E-state index contributed by atoms with van der Waals surface area (Å²) in [5.41, 5.74) is 0.170. The van der Waals surface area contributed by atoms with Gasteiger partial charge in [-0.15, -0.1) is 0 Å². The predicted octanol–water partition coefficient (Wildman–Crippen LogP) is 1.60. The third-order valence-electron chi connectivity index (χ3n) is 1.99. The van der Waals surface area contributed by atoms with E-state index in [1.54, 1.807) is 0 Å². The van der Waals surface area contributed by atoms with E-state index < -0.39 is 5.82 Å². The van der Waals surface area contributed by atoms with Gasteiger partial charge >= 0.3 is 0 Å². The summed E-state index contributed by atoms with van der Waals surface area (Å²) in [5, 5.41) is 8.58. The molecule has 0 bridgehead atoms. The van der Waals surface area contributed by atoms with Crippen molar-refractivity contribution >= 4 is 5.91 Å². The fraction of sp³-hybridized carbons (Fsp3) is 0.364. The van der Waals surface area contributed by atoms with Crippen LogP contribution in [0.5, 0.6) is 0 Å². The SMILES string of the molecule is CCCN(CC#N)C(=O)c1cncc(F)c1. The summed E-state index contributed by atoms with van der Waals surface area (Å²) >= 11 is 0. The predicted molar refractivity (Wildman–Crippen MR) is 56.0 cm³/mol. The molecule has 0 aliphatic rings. The minimum atomic E-state index is -0.556. The van der Waals surface area contributed by atoms with Crippen LogP contribution in [0.3, 0.4) is 0 Å². The molecular formula is C11H12FN3O. The van der Waals surface area contributed by atoms with Gasteiger partial charge < -0.3 is 4.90 Å². The van der Waals surface area contributed by atoms with E-state index in [-0.39, 0.29) is 18.0 Å². The lowest BCUT2D eigenvalue weighted by Gasteiger charge is -2.18. The Bertz CT molecular complexity index is 414. The third kappa shape index (κ3) is 3.02. The van der Waals surface area contributed by atoms with Gasteiger partial charge in [-0.1, -0.05) is 6.92 Å². The molecule has 0 spiro atoms. The van der Waals surface area contributed by atoms with Crippen molar-refractivity contribution in [1.29, 1.82) is 5.26 Å². The van der Waals surface area contributed by atoms with E-state index in [9.17, 15) is 9.18 Å². The Morgan fingerprint density at radius 3 is 2.94 bits per heavy atom. The monoisotopic (exact) mass is 221 g/mol. The molecule has 1 heterocycles. The van der Waals surface area contributed by atoms with E-state index in [0.717, 1.165) is 18.7 Å². The van der Waals surface area contributed by atoms with Crippen LogP contribution in [0.4, 0.5) is 4.39 Å². The van der Waals surface area contributed by atoms with Gasteiger partial charge in [0, 0.05) is 12.7 Å². The summed E-state index contributed by atoms with van der Waals surface area (Å²) < 4.78 is 12.9. The van der Waals surface area contributed by atoms with Crippen LogP contribution in [-0.4, -0.2) is 28.9 Å². The second-order valence-corrected chi connectivity index (χ2v) is 3.28. The van der Waals surface area contributed by atoms with Crippen LogP contribution in [-0.2, 0) is 0 Å². The maximum absolute atomic E-state index is 12.9. The van der Waals surface area contributed by atoms with Crippen LogP contribution in [0, 0.1) is 17.1 Å². The number of carbonyl (C=O) groups excluding carboxylic acids is 1. The van der Waals surface area contributed by atoms with Gasteiger partial charge in [0.05, 0.1) is 17.8 Å². The lowest BCUT2D eigenvalue weighted by atomic mass is 10.2. The van der Waals surface area contributed by atoms with Crippen molar-refractivity contribution in [2.24, 2.45) is 0 Å². The summed E-state index contributed by atoms with van der Waals surface area (Å²) in [6.07, 6.45) is 3.08. The molecule has 0 N–H and O–H groups in total. The molecule has 1 rings (SSSR count). The van der Waals surface area contributed by atoms with Gasteiger partial charge in [0.25, 0.3) is 5.91 Å². The normalized spacial score (nSPS) is 9.56. The fourth-order valence-electron chi connectivity index (χ4n) is 1.32. The molecule has 0 fully saturated rings. The molecule has 1 amide bonds. The molecule has 0 aliphatic heterocycles. The number of carbonyl (C=O) groups is 1. The first-order chi connectivity index (χ1) is 7.69. The standard InChI is InChI=1S/C11H12FN3O/c1-2-4-15(5-3-13)11(16)9-6-10(12)8-14-7-9/h6-8H,2,4-5H2,1H3. The lowest BCUT2D eigenvalue weighted by molar-refractivity contribution is 0.0775. The smallest absolute Gasteiger partial charge is 0.256 e. The Morgan fingerprint density at radius 2 is 2.38 bits per heavy atom. The highest BCUT2D eigenvalue weighted by atomic mass is 19.1. The summed E-state index contributed by atoms with van der Waals surface area (Å²) in [6.45, 7) is 2.38. The molecule has 1 aromatic heterocycles. The molecule has 84 valence electrons. The Kier molecular flexibility index (Phi) is 4.40. The minimum absolute atomic E-state index is 0.00316. The van der Waals surface area contributed by atoms with Crippen molar-refractivity contribution in [2.45, 2.75) is 13.3 Å². The molecule has 5 heteroatoms. The van der Waals surface area contributed by atoms with E-state index in [1.807, 2.05) is 13.0 Å². The second kappa shape index (κ2) is 5.81. The highest BCUT2D eigenvalue weighted by Crippen LogP contribution is 2.06. The van der Waals surface area contributed by atoms with Gasteiger partial charge in [0.1, 0.15) is 12.4 Å². The third-order valence-corrected chi connectivity index (χ3v) is 1.99. The number of rotatable bonds is 4. The molecule has 0 aromatic carbocycles. The number of halogens is 1. The molecule has 0 atom stereocenters. The zero-order chi connectivity index (χ0) is 12.0. The van der Waals surface area contributed by atoms with Crippen LogP contribution in [0.2, 0.25) is 0 Å². The molecule has 1 aromatic rings. The van der Waals surface area contributed by atoms with Crippen LogP contribution in [0.1, 0.15) is 23.7 Å². The maximum atomic E-state index is 12.9. The number of amides is 1. The molecular weight excluding hydrogens is 209 g/mol. The zero-order valence-electron chi connectivity index (χ0n) is 8.98. The molecule has 0 saturated heterocycles. The quantitative estimate of drug-likeness (QED) is 0.725. The highest BCUT2D eigenvalue weighted by Gasteiger charge is 2.15. The van der Waals surface area contributed by atoms with Gasteiger partial charge in [-0.2, -0.15) is 5.26 Å². The van der Waals surface area contributed by atoms with E-state index in [0.29, 0.717) is 6.54 Å². The average Bonchev–Trinajstić information content (AvgIpc) is 2.28. The van der Waals surface area contributed by atoms with Crippen molar-refractivity contribution in [3.8, 4) is 6.07 Å². The number of pyridine rings is 1. The van der Waals surface area contributed by atoms with Crippen LogP contribution in [0.15, 0.2) is 18.5 Å². The van der Waals surface area contributed by atoms with Gasteiger partial charge in [-0.05, 0) is 12.5 Å². The van der Waals surface area contributed by atoms with Crippen LogP contribution in [0.25, 0.3) is 0 Å². The van der Waals surface area contributed by atoms with Crippen molar-refractivity contribution in [3.63, 3.8) is 0 Å². The van der Waals surface area contributed by atoms with E-state index in [1.165, 1.54) is 11.1 Å². The minimum Gasteiger partial charge on any atom is -0.325 e. The van der Waals surface area contributed by atoms with E-state index in [2.05, 4.69) is 4.98 Å². The molecule has 4 nitrogen and oxygen atoms in total. The second-order valence-electron chi connectivity index (χ2n) is 3.28. The Labute approximate surface area is 93.3 Å². The first-order valence-corrected chi connectivity index (χ1v) is 4.95. The number of hydrogen-bond donors (Lipinski definition) is 0. The number of aromatic nitrogens is 1. The van der Waals surface area contributed by atoms with Crippen molar-refractivity contribution < 1.29 is 9.18 Å². The summed E-state index contributed by atoms with van der Waals surface area (Å²) in [7, 11) is 0. The maximum Gasteiger partial charge on any atom is 0.256 e. The largest absolute Gasteiger partial charge is 0.325 e. The Balaban J connectivity index is 2.86. The first kappa shape index (κ1) is 12.1. The molecule has 0 unspecified atom stereocenters. The zero-order valence-corrected chi connectivity index (χ0v) is 8.98. The highest BCUT2D eigenvalue weighted by molar-refractivity contribution is 5.94. The Morgan fingerprint density at radius 1 is 1.62 bits per heavy atom. The molecule has 0 radical (unpaired) electrons. The molecule has 0 aliphatic carbocycles. The van der Waals surface area contributed by atoms with Crippen molar-refractivity contribution in [3.05, 3.63) is 29.8 Å². The van der Waals surface area contributed by atoms with Gasteiger partial charge in [-0.3, -0.25) is 9.78 Å².